The van der Waals surface area contributed by atoms with Crippen LogP contribution in [0.2, 0.25) is 5.02 Å². The van der Waals surface area contributed by atoms with Crippen LogP contribution >= 0.6 is 11.6 Å². The molecule has 0 aliphatic rings. The number of rotatable bonds is 8. The highest BCUT2D eigenvalue weighted by Crippen LogP contribution is 2.27. The van der Waals surface area contributed by atoms with Crippen LogP contribution < -0.4 is 15.6 Å². The molecule has 0 bridgehead atoms. The Morgan fingerprint density at radius 3 is 2.53 bits per heavy atom. The van der Waals surface area contributed by atoms with Crippen LogP contribution in [0.15, 0.2) is 64.5 Å². The van der Waals surface area contributed by atoms with Gasteiger partial charge in [0, 0.05) is 30.1 Å². The average molecular weight is 544 g/mol. The SMILES string of the molecule is Cc1ccc(NC(=O)[C@H](C)n2ncc(Cl)cc2=O)cc1S(=O)(=O)N[C@@H](Cc1ccccn1)C(F)(F)F. The molecule has 2 heterocycles. The number of halogens is 4. The van der Waals surface area contributed by atoms with Gasteiger partial charge in [-0.25, -0.2) is 13.1 Å². The summed E-state index contributed by atoms with van der Waals surface area (Å²) in [6.07, 6.45) is -3.11. The van der Waals surface area contributed by atoms with Crippen LogP contribution in [0.3, 0.4) is 0 Å². The maximum atomic E-state index is 13.7. The van der Waals surface area contributed by atoms with Crippen molar-refractivity contribution >= 4 is 33.2 Å². The van der Waals surface area contributed by atoms with E-state index >= 15 is 0 Å². The second-order valence-electron chi connectivity index (χ2n) is 7.84. The molecular weight excluding hydrogens is 523 g/mol. The topological polar surface area (TPSA) is 123 Å². The number of amides is 1. The molecule has 0 saturated carbocycles. The maximum Gasteiger partial charge on any atom is 0.405 e. The predicted octanol–water partition coefficient (Wildman–Crippen LogP) is 3.25. The van der Waals surface area contributed by atoms with E-state index in [4.69, 9.17) is 11.6 Å². The van der Waals surface area contributed by atoms with Gasteiger partial charge in [-0.05, 0) is 43.7 Å². The van der Waals surface area contributed by atoms with Crippen LogP contribution in [0, 0.1) is 6.92 Å². The summed E-state index contributed by atoms with van der Waals surface area (Å²) in [6.45, 7) is 2.79. The zero-order chi connectivity index (χ0) is 26.7. The third-order valence-electron chi connectivity index (χ3n) is 5.12. The van der Waals surface area contributed by atoms with Crippen molar-refractivity contribution in [2.45, 2.75) is 43.4 Å². The number of aromatic nitrogens is 3. The van der Waals surface area contributed by atoms with E-state index in [1.165, 1.54) is 56.6 Å². The van der Waals surface area contributed by atoms with Gasteiger partial charge in [-0.3, -0.25) is 14.6 Å². The fourth-order valence-corrected chi connectivity index (χ4v) is 4.84. The minimum absolute atomic E-state index is 0.00637. The highest BCUT2D eigenvalue weighted by molar-refractivity contribution is 7.89. The van der Waals surface area contributed by atoms with Gasteiger partial charge in [-0.2, -0.15) is 23.0 Å². The summed E-state index contributed by atoms with van der Waals surface area (Å²) in [5.41, 5.74) is -0.427. The van der Waals surface area contributed by atoms with E-state index in [1.807, 2.05) is 0 Å². The quantitative estimate of drug-likeness (QED) is 0.449. The molecule has 0 spiro atoms. The number of hydrogen-bond donors (Lipinski definition) is 2. The van der Waals surface area contributed by atoms with Gasteiger partial charge in [0.25, 0.3) is 5.56 Å². The van der Waals surface area contributed by atoms with Gasteiger partial charge >= 0.3 is 6.18 Å². The fourth-order valence-electron chi connectivity index (χ4n) is 3.21. The highest BCUT2D eigenvalue weighted by Gasteiger charge is 2.42. The average Bonchev–Trinajstić information content (AvgIpc) is 2.79. The molecule has 192 valence electrons. The minimum atomic E-state index is -4.89. The summed E-state index contributed by atoms with van der Waals surface area (Å²) < 4.78 is 69.5. The molecule has 0 aliphatic heterocycles. The molecule has 1 amide bonds. The van der Waals surface area contributed by atoms with Crippen LogP contribution in [-0.2, 0) is 21.2 Å². The first-order chi connectivity index (χ1) is 16.8. The molecule has 3 rings (SSSR count). The van der Waals surface area contributed by atoms with E-state index in [-0.39, 0.29) is 22.0 Å². The number of alkyl halides is 3. The molecule has 36 heavy (non-hydrogen) atoms. The number of pyridine rings is 1. The van der Waals surface area contributed by atoms with Gasteiger partial charge in [0.05, 0.1) is 16.1 Å². The summed E-state index contributed by atoms with van der Waals surface area (Å²) >= 11 is 5.70. The van der Waals surface area contributed by atoms with Gasteiger partial charge < -0.3 is 5.32 Å². The Morgan fingerprint density at radius 2 is 1.92 bits per heavy atom. The molecule has 2 aromatic heterocycles. The molecule has 2 atom stereocenters. The Hall–Kier alpha value is -3.29. The van der Waals surface area contributed by atoms with Gasteiger partial charge in [0.1, 0.15) is 12.1 Å². The standard InChI is InChI=1S/C22H21ClF3N5O4S/c1-13-6-7-17(29-21(33)14(2)31-20(32)9-15(23)12-28-31)10-18(13)36(34,35)30-19(22(24,25)26)11-16-5-3-4-8-27-16/h3-10,12,14,19,30H,11H2,1-2H3,(H,29,33)/t14-,19-/m0/s1. The van der Waals surface area contributed by atoms with Crippen molar-refractivity contribution in [2.75, 3.05) is 5.32 Å². The molecular formula is C22H21ClF3N5O4S. The van der Waals surface area contributed by atoms with Crippen molar-refractivity contribution in [3.8, 4) is 0 Å². The van der Waals surface area contributed by atoms with E-state index in [2.05, 4.69) is 15.4 Å². The normalized spacial score (nSPS) is 13.7. The lowest BCUT2D eigenvalue weighted by molar-refractivity contribution is -0.151. The highest BCUT2D eigenvalue weighted by atomic mass is 35.5. The third-order valence-corrected chi connectivity index (χ3v) is 6.94. The summed E-state index contributed by atoms with van der Waals surface area (Å²) in [5.74, 6) is -0.713. The smallest absolute Gasteiger partial charge is 0.324 e. The molecule has 0 fully saturated rings. The molecule has 0 aliphatic carbocycles. The first-order valence-corrected chi connectivity index (χ1v) is 12.3. The number of anilines is 1. The number of nitrogens with one attached hydrogen (secondary N) is 2. The van der Waals surface area contributed by atoms with Crippen LogP contribution in [0.25, 0.3) is 0 Å². The Kier molecular flexibility index (Phi) is 8.16. The summed E-state index contributed by atoms with van der Waals surface area (Å²) in [6, 6.07) is 5.68. The third kappa shape index (κ3) is 6.68. The monoisotopic (exact) mass is 543 g/mol. The predicted molar refractivity (Wildman–Crippen MR) is 126 cm³/mol. The Bertz CT molecular complexity index is 1420. The molecule has 9 nitrogen and oxygen atoms in total. The van der Waals surface area contributed by atoms with Crippen LogP contribution in [-0.4, -0.2) is 41.3 Å². The van der Waals surface area contributed by atoms with Crippen molar-refractivity contribution < 1.29 is 26.4 Å². The molecule has 3 aromatic rings. The largest absolute Gasteiger partial charge is 0.405 e. The van der Waals surface area contributed by atoms with Crippen LogP contribution in [0.4, 0.5) is 18.9 Å². The van der Waals surface area contributed by atoms with Crippen LogP contribution in [0.1, 0.15) is 24.2 Å². The number of sulfonamides is 1. The van der Waals surface area contributed by atoms with Crippen molar-refractivity contribution in [3.63, 3.8) is 0 Å². The number of carbonyl (C=O) groups excluding carboxylic acids is 1. The number of carbonyl (C=O) groups is 1. The second kappa shape index (κ2) is 10.8. The lowest BCUT2D eigenvalue weighted by Gasteiger charge is -2.22. The van der Waals surface area contributed by atoms with Gasteiger partial charge in [0.2, 0.25) is 15.9 Å². The molecule has 0 radical (unpaired) electrons. The van der Waals surface area contributed by atoms with E-state index < -0.39 is 51.1 Å². The number of benzene rings is 1. The Balaban J connectivity index is 1.85. The number of nitrogens with zero attached hydrogens (tertiary/aromatic N) is 3. The van der Waals surface area contributed by atoms with E-state index in [0.717, 1.165) is 16.8 Å². The Morgan fingerprint density at radius 1 is 1.19 bits per heavy atom. The summed E-state index contributed by atoms with van der Waals surface area (Å²) in [5, 5.41) is 6.33. The molecule has 1 aromatic carbocycles. The van der Waals surface area contributed by atoms with Crippen molar-refractivity contribution in [3.05, 3.63) is 81.5 Å². The van der Waals surface area contributed by atoms with E-state index in [1.54, 1.807) is 4.72 Å². The molecule has 0 saturated heterocycles. The van der Waals surface area contributed by atoms with E-state index in [0.29, 0.717) is 0 Å². The summed E-state index contributed by atoms with van der Waals surface area (Å²) in [7, 11) is -4.67. The minimum Gasteiger partial charge on any atom is -0.324 e. The fraction of sp³-hybridized carbons (Fsp3) is 0.273. The zero-order valence-corrected chi connectivity index (χ0v) is 20.5. The zero-order valence-electron chi connectivity index (χ0n) is 19.0. The second-order valence-corrected chi connectivity index (χ2v) is 9.96. The van der Waals surface area contributed by atoms with Crippen molar-refractivity contribution in [1.29, 1.82) is 0 Å². The molecule has 2 N–H and O–H groups in total. The van der Waals surface area contributed by atoms with Crippen LogP contribution in [0.5, 0.6) is 0 Å². The van der Waals surface area contributed by atoms with Crippen molar-refractivity contribution in [1.82, 2.24) is 19.5 Å². The molecule has 14 heteroatoms. The lowest BCUT2D eigenvalue weighted by Crippen LogP contribution is -2.47. The first kappa shape index (κ1) is 27.3. The maximum absolute atomic E-state index is 13.7. The molecule has 0 unspecified atom stereocenters. The van der Waals surface area contributed by atoms with Gasteiger partial charge in [-0.15, -0.1) is 0 Å². The van der Waals surface area contributed by atoms with Crippen molar-refractivity contribution in [2.24, 2.45) is 0 Å². The number of hydrogen-bond acceptors (Lipinski definition) is 6. The number of aryl methyl sites for hydroxylation is 1. The Labute approximate surface area is 209 Å². The first-order valence-electron chi connectivity index (χ1n) is 10.4. The van der Waals surface area contributed by atoms with Gasteiger partial charge in [0.15, 0.2) is 0 Å². The summed E-state index contributed by atoms with van der Waals surface area (Å²) in [4.78, 5) is 28.1. The van der Waals surface area contributed by atoms with E-state index in [9.17, 15) is 31.2 Å². The van der Waals surface area contributed by atoms with Gasteiger partial charge in [-0.1, -0.05) is 23.7 Å². The lowest BCUT2D eigenvalue weighted by atomic mass is 10.1.